The molecule has 0 radical (unpaired) electrons. The molecule has 0 spiro atoms. The molecule has 4 nitrogen and oxygen atoms in total. The summed E-state index contributed by atoms with van der Waals surface area (Å²) < 4.78 is 27.9. The predicted octanol–water partition coefficient (Wildman–Crippen LogP) is 1.98. The van der Waals surface area contributed by atoms with E-state index in [1.807, 2.05) is 13.1 Å². The largest absolute Gasteiger partial charge is 0.319 e. The van der Waals surface area contributed by atoms with Gasteiger partial charge in [0.05, 0.1) is 0 Å². The van der Waals surface area contributed by atoms with Crippen molar-refractivity contribution in [3.63, 3.8) is 0 Å². The minimum Gasteiger partial charge on any atom is -0.319 e. The third-order valence-electron chi connectivity index (χ3n) is 3.69. The lowest BCUT2D eigenvalue weighted by atomic mass is 10.1. The molecule has 1 aliphatic carbocycles. The highest BCUT2D eigenvalue weighted by atomic mass is 32.2. The van der Waals surface area contributed by atoms with Crippen molar-refractivity contribution in [2.24, 2.45) is 5.92 Å². The Balaban J connectivity index is 2.04. The van der Waals surface area contributed by atoms with Crippen molar-refractivity contribution in [3.8, 4) is 0 Å². The van der Waals surface area contributed by atoms with Gasteiger partial charge in [-0.05, 0) is 50.9 Å². The highest BCUT2D eigenvalue weighted by molar-refractivity contribution is 7.91. The summed E-state index contributed by atoms with van der Waals surface area (Å²) in [5.41, 5.74) is 0. The van der Waals surface area contributed by atoms with Gasteiger partial charge in [0.1, 0.15) is 4.21 Å². The third kappa shape index (κ3) is 3.78. The second kappa shape index (κ2) is 6.35. The highest BCUT2D eigenvalue weighted by Crippen LogP contribution is 2.28. The molecule has 1 aromatic rings. The van der Waals surface area contributed by atoms with Gasteiger partial charge in [-0.25, -0.2) is 13.1 Å². The van der Waals surface area contributed by atoms with Crippen LogP contribution in [0.2, 0.25) is 0 Å². The van der Waals surface area contributed by atoms with Crippen molar-refractivity contribution in [3.05, 3.63) is 17.0 Å². The summed E-state index contributed by atoms with van der Waals surface area (Å²) in [6, 6.07) is 3.74. The van der Waals surface area contributed by atoms with Crippen molar-refractivity contribution in [2.75, 3.05) is 13.6 Å². The van der Waals surface area contributed by atoms with Crippen LogP contribution >= 0.6 is 11.3 Å². The molecular formula is C13H22N2O2S2. The maximum Gasteiger partial charge on any atom is 0.250 e. The van der Waals surface area contributed by atoms with Crippen molar-refractivity contribution >= 4 is 21.4 Å². The van der Waals surface area contributed by atoms with Gasteiger partial charge in [0, 0.05) is 10.9 Å². The Hall–Kier alpha value is -0.430. The van der Waals surface area contributed by atoms with Crippen LogP contribution in [0.25, 0.3) is 0 Å². The fourth-order valence-electron chi connectivity index (χ4n) is 2.46. The zero-order valence-electron chi connectivity index (χ0n) is 11.5. The third-order valence-corrected chi connectivity index (χ3v) is 6.82. The van der Waals surface area contributed by atoms with Gasteiger partial charge in [-0.1, -0.05) is 13.3 Å². The first-order valence-corrected chi connectivity index (χ1v) is 9.08. The lowest BCUT2D eigenvalue weighted by Crippen LogP contribution is -2.35. The second-order valence-corrected chi connectivity index (χ2v) is 8.32. The molecule has 19 heavy (non-hydrogen) atoms. The molecule has 1 aliphatic rings. The molecule has 1 saturated carbocycles. The second-order valence-electron chi connectivity index (χ2n) is 5.21. The number of hydrogen-bond donors (Lipinski definition) is 2. The molecule has 1 fully saturated rings. The summed E-state index contributed by atoms with van der Waals surface area (Å²) >= 11 is 1.37. The van der Waals surface area contributed by atoms with Crippen LogP contribution in [0, 0.1) is 5.92 Å². The molecule has 1 heterocycles. The van der Waals surface area contributed by atoms with E-state index in [4.69, 9.17) is 0 Å². The molecule has 2 rings (SSSR count). The molecule has 2 atom stereocenters. The molecule has 0 bridgehead atoms. The maximum atomic E-state index is 12.3. The van der Waals surface area contributed by atoms with Crippen LogP contribution in [0.4, 0.5) is 0 Å². The Kier molecular flexibility index (Phi) is 5.00. The minimum absolute atomic E-state index is 0.104. The van der Waals surface area contributed by atoms with Crippen molar-refractivity contribution in [1.29, 1.82) is 0 Å². The van der Waals surface area contributed by atoms with Gasteiger partial charge >= 0.3 is 0 Å². The summed E-state index contributed by atoms with van der Waals surface area (Å²) in [7, 11) is -1.44. The molecule has 2 N–H and O–H groups in total. The summed E-state index contributed by atoms with van der Waals surface area (Å²) in [5, 5.41) is 3.07. The molecule has 0 saturated heterocycles. The van der Waals surface area contributed by atoms with Crippen LogP contribution in [0.5, 0.6) is 0 Å². The van der Waals surface area contributed by atoms with Crippen LogP contribution in [-0.4, -0.2) is 28.1 Å². The Morgan fingerprint density at radius 1 is 1.37 bits per heavy atom. The lowest BCUT2D eigenvalue weighted by Gasteiger charge is -2.16. The van der Waals surface area contributed by atoms with Crippen molar-refractivity contribution in [1.82, 2.24) is 10.0 Å². The van der Waals surface area contributed by atoms with Crippen LogP contribution in [-0.2, 0) is 16.4 Å². The van der Waals surface area contributed by atoms with Crippen molar-refractivity contribution in [2.45, 2.75) is 42.9 Å². The average molecular weight is 302 g/mol. The zero-order valence-corrected chi connectivity index (χ0v) is 13.1. The number of hydrogen-bond acceptors (Lipinski definition) is 4. The molecular weight excluding hydrogens is 280 g/mol. The van der Waals surface area contributed by atoms with E-state index < -0.39 is 10.0 Å². The van der Waals surface area contributed by atoms with E-state index in [-0.39, 0.29) is 6.04 Å². The molecule has 0 amide bonds. The summed E-state index contributed by atoms with van der Waals surface area (Å²) in [4.78, 5) is 1.11. The Morgan fingerprint density at radius 3 is 2.79 bits per heavy atom. The lowest BCUT2D eigenvalue weighted by molar-refractivity contribution is 0.477. The summed E-state index contributed by atoms with van der Waals surface area (Å²) in [5.74, 6) is 0.443. The molecule has 0 aromatic carbocycles. The normalized spacial score (nSPS) is 23.9. The molecule has 1 aromatic heterocycles. The van der Waals surface area contributed by atoms with Gasteiger partial charge in [0.2, 0.25) is 10.0 Å². The van der Waals surface area contributed by atoms with E-state index in [9.17, 15) is 8.42 Å². The van der Waals surface area contributed by atoms with Crippen LogP contribution < -0.4 is 10.0 Å². The fourth-order valence-corrected chi connectivity index (χ4v) is 5.21. The van der Waals surface area contributed by atoms with E-state index in [2.05, 4.69) is 17.0 Å². The van der Waals surface area contributed by atoms with E-state index in [0.717, 1.165) is 37.1 Å². The average Bonchev–Trinajstić information content (AvgIpc) is 2.97. The topological polar surface area (TPSA) is 58.2 Å². The van der Waals surface area contributed by atoms with Gasteiger partial charge in [-0.2, -0.15) is 0 Å². The monoisotopic (exact) mass is 302 g/mol. The SMILES string of the molecule is CNCCc1ccc(S(=O)(=O)NC2CCCC2C)s1. The smallest absolute Gasteiger partial charge is 0.250 e. The number of sulfonamides is 1. The van der Waals surface area contributed by atoms with Crippen LogP contribution in [0.15, 0.2) is 16.3 Å². The Bertz CT molecular complexity index is 510. The number of likely N-dealkylation sites (N-methyl/N-ethyl adjacent to an activating group) is 1. The minimum atomic E-state index is -3.33. The number of nitrogens with one attached hydrogen (secondary N) is 2. The first-order chi connectivity index (χ1) is 9.03. The van der Waals surface area contributed by atoms with Gasteiger partial charge in [0.25, 0.3) is 0 Å². The molecule has 0 aliphatic heterocycles. The van der Waals surface area contributed by atoms with Gasteiger partial charge in [-0.3, -0.25) is 0 Å². The molecule has 2 unspecified atom stereocenters. The van der Waals surface area contributed by atoms with Gasteiger partial charge in [-0.15, -0.1) is 11.3 Å². The van der Waals surface area contributed by atoms with E-state index in [1.54, 1.807) is 6.07 Å². The van der Waals surface area contributed by atoms with Crippen molar-refractivity contribution < 1.29 is 8.42 Å². The maximum absolute atomic E-state index is 12.3. The Morgan fingerprint density at radius 2 is 2.16 bits per heavy atom. The quantitative estimate of drug-likeness (QED) is 0.845. The first-order valence-electron chi connectivity index (χ1n) is 6.78. The highest BCUT2D eigenvalue weighted by Gasteiger charge is 2.28. The standard InChI is InChI=1S/C13H22N2O2S2/c1-10-4-3-5-12(10)15-19(16,17)13-7-6-11(18-13)8-9-14-2/h6-7,10,12,14-15H,3-5,8-9H2,1-2H3. The van der Waals surface area contributed by atoms with Gasteiger partial charge < -0.3 is 5.32 Å². The first kappa shape index (κ1) is 15.0. The van der Waals surface area contributed by atoms with Crippen LogP contribution in [0.1, 0.15) is 31.1 Å². The predicted molar refractivity (Wildman–Crippen MR) is 79.1 cm³/mol. The molecule has 6 heteroatoms. The van der Waals surface area contributed by atoms with E-state index in [1.165, 1.54) is 11.3 Å². The zero-order chi connectivity index (χ0) is 13.9. The fraction of sp³-hybridized carbons (Fsp3) is 0.692. The van der Waals surface area contributed by atoms with E-state index >= 15 is 0 Å². The summed E-state index contributed by atoms with van der Waals surface area (Å²) in [6.45, 7) is 2.99. The van der Waals surface area contributed by atoms with Gasteiger partial charge in [0.15, 0.2) is 0 Å². The number of rotatable bonds is 6. The summed E-state index contributed by atoms with van der Waals surface area (Å²) in [6.07, 6.45) is 4.06. The molecule has 108 valence electrons. The Labute approximate surface area is 119 Å². The van der Waals surface area contributed by atoms with E-state index in [0.29, 0.717) is 10.1 Å². The van der Waals surface area contributed by atoms with Crippen LogP contribution in [0.3, 0.4) is 0 Å². The number of thiophene rings is 1.